The van der Waals surface area contributed by atoms with Crippen molar-refractivity contribution < 1.29 is 9.47 Å². The fourth-order valence-electron chi connectivity index (χ4n) is 2.79. The molecule has 0 unspecified atom stereocenters. The zero-order chi connectivity index (χ0) is 16.2. The minimum absolute atomic E-state index is 0.0788. The van der Waals surface area contributed by atoms with Gasteiger partial charge in [0, 0.05) is 26.7 Å². The molecule has 1 aliphatic heterocycles. The van der Waals surface area contributed by atoms with E-state index < -0.39 is 0 Å². The minimum Gasteiger partial charge on any atom is -0.495 e. The van der Waals surface area contributed by atoms with Crippen LogP contribution >= 0.6 is 0 Å². The van der Waals surface area contributed by atoms with Gasteiger partial charge in [-0.25, -0.2) is 0 Å². The van der Waals surface area contributed by atoms with Crippen LogP contribution in [0.5, 0.6) is 5.75 Å². The Morgan fingerprint density at radius 3 is 3.04 bits per heavy atom. The van der Waals surface area contributed by atoms with Crippen molar-refractivity contribution in [2.24, 2.45) is 7.05 Å². The molecule has 7 heteroatoms. The maximum absolute atomic E-state index is 9.20. The molecule has 2 heterocycles. The highest BCUT2D eigenvalue weighted by molar-refractivity contribution is 5.45. The van der Waals surface area contributed by atoms with Crippen molar-refractivity contribution in [1.29, 1.82) is 5.26 Å². The van der Waals surface area contributed by atoms with Crippen LogP contribution in [0.2, 0.25) is 0 Å². The molecule has 3 rings (SSSR count). The van der Waals surface area contributed by atoms with E-state index in [9.17, 15) is 5.26 Å². The summed E-state index contributed by atoms with van der Waals surface area (Å²) in [6, 6.07) is 7.89. The van der Waals surface area contributed by atoms with Gasteiger partial charge in [-0.1, -0.05) is 6.07 Å². The number of hydrogen-bond acceptors (Lipinski definition) is 6. The lowest BCUT2D eigenvalue weighted by atomic mass is 10.1. The smallest absolute Gasteiger partial charge is 0.163 e. The molecule has 0 radical (unpaired) electrons. The van der Waals surface area contributed by atoms with Gasteiger partial charge in [0.15, 0.2) is 5.82 Å². The largest absolute Gasteiger partial charge is 0.495 e. The Kier molecular flexibility index (Phi) is 4.55. The number of hydrogen-bond donors (Lipinski definition) is 0. The molecule has 0 spiro atoms. The monoisotopic (exact) mass is 313 g/mol. The van der Waals surface area contributed by atoms with Gasteiger partial charge in [0.2, 0.25) is 0 Å². The van der Waals surface area contributed by atoms with Crippen LogP contribution in [-0.2, 0) is 18.3 Å². The second-order valence-corrected chi connectivity index (χ2v) is 5.54. The van der Waals surface area contributed by atoms with Gasteiger partial charge in [0.1, 0.15) is 24.3 Å². The Labute approximate surface area is 135 Å². The Morgan fingerprint density at radius 2 is 2.35 bits per heavy atom. The summed E-state index contributed by atoms with van der Waals surface area (Å²) in [4.78, 5) is 2.30. The SMILES string of the molecule is COc1ccc(CN2CCO[C@@H](c3nncn3C)C2)cc1C#N. The van der Waals surface area contributed by atoms with Gasteiger partial charge in [-0.2, -0.15) is 5.26 Å². The second kappa shape index (κ2) is 6.77. The molecule has 23 heavy (non-hydrogen) atoms. The third-order valence-electron chi connectivity index (χ3n) is 3.98. The van der Waals surface area contributed by atoms with Crippen LogP contribution in [0, 0.1) is 11.3 Å². The van der Waals surface area contributed by atoms with E-state index in [0.717, 1.165) is 31.0 Å². The number of aryl methyl sites for hydroxylation is 1. The molecule has 1 fully saturated rings. The fraction of sp³-hybridized carbons (Fsp3) is 0.438. The molecule has 0 amide bonds. The summed E-state index contributed by atoms with van der Waals surface area (Å²) in [6.45, 7) is 3.01. The van der Waals surface area contributed by atoms with E-state index in [2.05, 4.69) is 21.2 Å². The third kappa shape index (κ3) is 3.33. The highest BCUT2D eigenvalue weighted by Crippen LogP contribution is 2.23. The molecule has 1 saturated heterocycles. The molecule has 0 bridgehead atoms. The van der Waals surface area contributed by atoms with Gasteiger partial charge in [-0.3, -0.25) is 4.90 Å². The van der Waals surface area contributed by atoms with E-state index in [1.165, 1.54) is 0 Å². The number of rotatable bonds is 4. The first-order valence-electron chi connectivity index (χ1n) is 7.46. The molecule has 1 aromatic heterocycles. The summed E-state index contributed by atoms with van der Waals surface area (Å²) in [7, 11) is 3.49. The van der Waals surface area contributed by atoms with Crippen molar-refractivity contribution in [3.8, 4) is 11.8 Å². The third-order valence-corrected chi connectivity index (χ3v) is 3.98. The number of morpholine rings is 1. The van der Waals surface area contributed by atoms with Crippen molar-refractivity contribution >= 4 is 0 Å². The van der Waals surface area contributed by atoms with Crippen LogP contribution in [0.1, 0.15) is 23.1 Å². The average Bonchev–Trinajstić information content (AvgIpc) is 3.01. The van der Waals surface area contributed by atoms with Gasteiger partial charge in [0.05, 0.1) is 19.3 Å². The number of nitriles is 1. The van der Waals surface area contributed by atoms with Crippen molar-refractivity contribution in [2.45, 2.75) is 12.6 Å². The molecule has 0 saturated carbocycles. The highest BCUT2D eigenvalue weighted by Gasteiger charge is 2.25. The maximum Gasteiger partial charge on any atom is 0.163 e. The molecular weight excluding hydrogens is 294 g/mol. The first-order chi connectivity index (χ1) is 11.2. The molecule has 1 aromatic carbocycles. The Morgan fingerprint density at radius 1 is 1.48 bits per heavy atom. The lowest BCUT2D eigenvalue weighted by Crippen LogP contribution is -2.38. The molecular formula is C16H19N5O2. The predicted molar refractivity (Wildman–Crippen MR) is 82.7 cm³/mol. The van der Waals surface area contributed by atoms with Crippen LogP contribution in [0.15, 0.2) is 24.5 Å². The predicted octanol–water partition coefficient (Wildman–Crippen LogP) is 1.27. The number of aromatic nitrogens is 3. The van der Waals surface area contributed by atoms with Crippen molar-refractivity contribution in [2.75, 3.05) is 26.8 Å². The first-order valence-corrected chi connectivity index (χ1v) is 7.46. The van der Waals surface area contributed by atoms with Crippen molar-refractivity contribution in [1.82, 2.24) is 19.7 Å². The summed E-state index contributed by atoms with van der Waals surface area (Å²) in [5, 5.41) is 17.2. The van der Waals surface area contributed by atoms with E-state index in [1.807, 2.05) is 29.8 Å². The molecule has 120 valence electrons. The van der Waals surface area contributed by atoms with Gasteiger partial charge >= 0.3 is 0 Å². The highest BCUT2D eigenvalue weighted by atomic mass is 16.5. The molecule has 7 nitrogen and oxygen atoms in total. The molecule has 0 N–H and O–H groups in total. The van der Waals surface area contributed by atoms with Crippen LogP contribution in [0.3, 0.4) is 0 Å². The van der Waals surface area contributed by atoms with Gasteiger partial charge < -0.3 is 14.0 Å². The quantitative estimate of drug-likeness (QED) is 0.846. The number of ether oxygens (including phenoxy) is 2. The standard InChI is InChI=1S/C16H19N5O2/c1-20-11-18-19-16(20)15-10-21(5-6-23-15)9-12-3-4-14(22-2)13(7-12)8-17/h3-4,7,11,15H,5-6,9-10H2,1-2H3/t15-/m1/s1. The average molecular weight is 313 g/mol. The molecule has 1 aliphatic rings. The van der Waals surface area contributed by atoms with E-state index in [4.69, 9.17) is 9.47 Å². The second-order valence-electron chi connectivity index (χ2n) is 5.54. The van der Waals surface area contributed by atoms with Crippen molar-refractivity contribution in [3.05, 3.63) is 41.5 Å². The minimum atomic E-state index is -0.0788. The van der Waals surface area contributed by atoms with Crippen LogP contribution in [0.4, 0.5) is 0 Å². The maximum atomic E-state index is 9.20. The summed E-state index contributed by atoms with van der Waals surface area (Å²) in [5.74, 6) is 1.44. The summed E-state index contributed by atoms with van der Waals surface area (Å²) in [5.41, 5.74) is 1.64. The van der Waals surface area contributed by atoms with Gasteiger partial charge in [0.25, 0.3) is 0 Å². The molecule has 0 aliphatic carbocycles. The van der Waals surface area contributed by atoms with E-state index >= 15 is 0 Å². The summed E-state index contributed by atoms with van der Waals surface area (Å²) >= 11 is 0. The first kappa shape index (κ1) is 15.5. The molecule has 2 aromatic rings. The Bertz CT molecular complexity index is 722. The van der Waals surface area contributed by atoms with E-state index in [1.54, 1.807) is 13.4 Å². The van der Waals surface area contributed by atoms with Gasteiger partial charge in [-0.15, -0.1) is 10.2 Å². The van der Waals surface area contributed by atoms with E-state index in [0.29, 0.717) is 17.9 Å². The Hall–Kier alpha value is -2.43. The number of methoxy groups -OCH3 is 1. The van der Waals surface area contributed by atoms with Crippen LogP contribution in [-0.4, -0.2) is 46.5 Å². The van der Waals surface area contributed by atoms with Gasteiger partial charge in [-0.05, 0) is 17.7 Å². The topological polar surface area (TPSA) is 76.2 Å². The lowest BCUT2D eigenvalue weighted by molar-refractivity contribution is -0.0385. The van der Waals surface area contributed by atoms with Crippen LogP contribution in [0.25, 0.3) is 0 Å². The fourth-order valence-corrected chi connectivity index (χ4v) is 2.79. The van der Waals surface area contributed by atoms with E-state index in [-0.39, 0.29) is 6.10 Å². The summed E-state index contributed by atoms with van der Waals surface area (Å²) < 4.78 is 12.9. The number of benzene rings is 1. The zero-order valence-corrected chi connectivity index (χ0v) is 13.3. The summed E-state index contributed by atoms with van der Waals surface area (Å²) in [6.07, 6.45) is 1.60. The normalized spacial score (nSPS) is 18.6. The van der Waals surface area contributed by atoms with Crippen LogP contribution < -0.4 is 4.74 Å². The zero-order valence-electron chi connectivity index (χ0n) is 13.3. The Balaban J connectivity index is 1.71. The molecule has 1 atom stereocenters. The lowest BCUT2D eigenvalue weighted by Gasteiger charge is -2.32. The van der Waals surface area contributed by atoms with Crippen molar-refractivity contribution in [3.63, 3.8) is 0 Å². The number of nitrogens with zero attached hydrogens (tertiary/aromatic N) is 5.